The van der Waals surface area contributed by atoms with E-state index >= 15 is 0 Å². The van der Waals surface area contributed by atoms with Gasteiger partial charge in [-0.1, -0.05) is 0 Å². The van der Waals surface area contributed by atoms with E-state index < -0.39 is 0 Å². The molecule has 0 spiro atoms. The standard InChI is InChI=1S/C15H15BrN2O2/c1-10-4-7-12(20-10)9-18(11-5-6-11)15(19)13-3-2-8-17-14(13)16/h2-4,7-8,11H,5-6,9H2,1H3. The molecule has 0 atom stereocenters. The number of amides is 1. The van der Waals surface area contributed by atoms with Crippen molar-refractivity contribution in [2.45, 2.75) is 32.4 Å². The highest BCUT2D eigenvalue weighted by atomic mass is 79.9. The summed E-state index contributed by atoms with van der Waals surface area (Å²) >= 11 is 3.34. The number of halogens is 1. The number of rotatable bonds is 4. The summed E-state index contributed by atoms with van der Waals surface area (Å²) in [5.41, 5.74) is 0.600. The number of pyridine rings is 1. The Morgan fingerprint density at radius 1 is 1.45 bits per heavy atom. The topological polar surface area (TPSA) is 46.3 Å². The summed E-state index contributed by atoms with van der Waals surface area (Å²) in [6.07, 6.45) is 3.78. The van der Waals surface area contributed by atoms with Crippen molar-refractivity contribution in [3.63, 3.8) is 0 Å². The Balaban J connectivity index is 1.84. The van der Waals surface area contributed by atoms with Crippen LogP contribution in [0.2, 0.25) is 0 Å². The fourth-order valence-corrected chi connectivity index (χ4v) is 2.61. The highest BCUT2D eigenvalue weighted by Crippen LogP contribution is 2.31. The monoisotopic (exact) mass is 334 g/mol. The van der Waals surface area contributed by atoms with Gasteiger partial charge in [0.25, 0.3) is 5.91 Å². The van der Waals surface area contributed by atoms with Crippen LogP contribution in [0.15, 0.2) is 39.5 Å². The van der Waals surface area contributed by atoms with Gasteiger partial charge in [0.05, 0.1) is 12.1 Å². The minimum absolute atomic E-state index is 0.00141. The van der Waals surface area contributed by atoms with Gasteiger partial charge in [-0.2, -0.15) is 0 Å². The Kier molecular flexibility index (Phi) is 3.61. The van der Waals surface area contributed by atoms with Gasteiger partial charge in [-0.15, -0.1) is 0 Å². The van der Waals surface area contributed by atoms with Gasteiger partial charge in [0.15, 0.2) is 0 Å². The molecular formula is C15H15BrN2O2. The molecule has 1 amide bonds. The fourth-order valence-electron chi connectivity index (χ4n) is 2.19. The number of hydrogen-bond acceptors (Lipinski definition) is 3. The highest BCUT2D eigenvalue weighted by Gasteiger charge is 2.34. The number of furan rings is 1. The second kappa shape index (κ2) is 5.40. The molecule has 4 nitrogen and oxygen atoms in total. The maximum Gasteiger partial charge on any atom is 0.257 e. The molecule has 2 aromatic rings. The molecule has 0 saturated heterocycles. The molecule has 3 rings (SSSR count). The SMILES string of the molecule is Cc1ccc(CN(C(=O)c2cccnc2Br)C2CC2)o1. The lowest BCUT2D eigenvalue weighted by Crippen LogP contribution is -2.32. The molecule has 1 fully saturated rings. The second-order valence-electron chi connectivity index (χ2n) is 5.02. The Morgan fingerprint density at radius 2 is 2.25 bits per heavy atom. The van der Waals surface area contributed by atoms with Crippen LogP contribution in [0.25, 0.3) is 0 Å². The van der Waals surface area contributed by atoms with E-state index in [1.54, 1.807) is 18.3 Å². The van der Waals surface area contributed by atoms with Crippen molar-refractivity contribution in [3.05, 3.63) is 52.1 Å². The van der Waals surface area contributed by atoms with Crippen LogP contribution in [-0.4, -0.2) is 21.8 Å². The van der Waals surface area contributed by atoms with Gasteiger partial charge in [0.1, 0.15) is 16.1 Å². The summed E-state index contributed by atoms with van der Waals surface area (Å²) in [6.45, 7) is 2.42. The van der Waals surface area contributed by atoms with Crippen LogP contribution in [0.3, 0.4) is 0 Å². The summed E-state index contributed by atoms with van der Waals surface area (Å²) in [5.74, 6) is 1.69. The summed E-state index contributed by atoms with van der Waals surface area (Å²) in [4.78, 5) is 18.7. The quantitative estimate of drug-likeness (QED) is 0.803. The minimum Gasteiger partial charge on any atom is -0.464 e. The van der Waals surface area contributed by atoms with Gasteiger partial charge in [-0.25, -0.2) is 4.98 Å². The van der Waals surface area contributed by atoms with Crippen molar-refractivity contribution in [2.75, 3.05) is 0 Å². The molecule has 2 aromatic heterocycles. The van der Waals surface area contributed by atoms with Crippen LogP contribution in [0.4, 0.5) is 0 Å². The molecule has 5 heteroatoms. The number of aromatic nitrogens is 1. The van der Waals surface area contributed by atoms with Gasteiger partial charge in [0.2, 0.25) is 0 Å². The molecule has 0 bridgehead atoms. The Hall–Kier alpha value is -1.62. The number of carbonyl (C=O) groups is 1. The normalized spacial score (nSPS) is 14.3. The third kappa shape index (κ3) is 2.77. The maximum atomic E-state index is 12.7. The summed E-state index contributed by atoms with van der Waals surface area (Å²) in [6, 6.07) is 7.74. The first-order valence-corrected chi connectivity index (χ1v) is 7.41. The van der Waals surface area contributed by atoms with E-state index in [1.165, 1.54) is 0 Å². The van der Waals surface area contributed by atoms with E-state index in [1.807, 2.05) is 24.0 Å². The van der Waals surface area contributed by atoms with Gasteiger partial charge in [-0.05, 0) is 60.0 Å². The van der Waals surface area contributed by atoms with Gasteiger partial charge in [0, 0.05) is 12.2 Å². The first-order valence-electron chi connectivity index (χ1n) is 6.62. The average molecular weight is 335 g/mol. The Bertz CT molecular complexity index is 634. The average Bonchev–Trinajstić information content (AvgIpc) is 3.19. The van der Waals surface area contributed by atoms with Crippen LogP contribution in [0, 0.1) is 6.92 Å². The van der Waals surface area contributed by atoms with Crippen LogP contribution in [0.1, 0.15) is 34.7 Å². The molecule has 0 aromatic carbocycles. The lowest BCUT2D eigenvalue weighted by molar-refractivity contribution is 0.0715. The van der Waals surface area contributed by atoms with Crippen molar-refractivity contribution < 1.29 is 9.21 Å². The number of aryl methyl sites for hydroxylation is 1. The predicted molar refractivity (Wildman–Crippen MR) is 78.3 cm³/mol. The zero-order valence-corrected chi connectivity index (χ0v) is 12.8. The molecule has 104 valence electrons. The number of hydrogen-bond donors (Lipinski definition) is 0. The molecule has 0 radical (unpaired) electrons. The van der Waals surface area contributed by atoms with Crippen LogP contribution in [0.5, 0.6) is 0 Å². The van der Waals surface area contributed by atoms with E-state index in [9.17, 15) is 4.79 Å². The summed E-state index contributed by atoms with van der Waals surface area (Å²) in [5, 5.41) is 0. The van der Waals surface area contributed by atoms with E-state index in [0.29, 0.717) is 22.8 Å². The van der Waals surface area contributed by atoms with Crippen molar-refractivity contribution in [3.8, 4) is 0 Å². The molecule has 20 heavy (non-hydrogen) atoms. The minimum atomic E-state index is 0.00141. The first kappa shape index (κ1) is 13.4. The second-order valence-corrected chi connectivity index (χ2v) is 5.77. The largest absolute Gasteiger partial charge is 0.464 e. The molecule has 1 saturated carbocycles. The van der Waals surface area contributed by atoms with E-state index in [0.717, 1.165) is 24.4 Å². The first-order chi connectivity index (χ1) is 9.65. The van der Waals surface area contributed by atoms with E-state index in [-0.39, 0.29) is 5.91 Å². The molecule has 1 aliphatic carbocycles. The molecule has 1 aliphatic rings. The van der Waals surface area contributed by atoms with Gasteiger partial charge in [-0.3, -0.25) is 4.79 Å². The maximum absolute atomic E-state index is 12.7. The predicted octanol–water partition coefficient (Wildman–Crippen LogP) is 3.55. The highest BCUT2D eigenvalue weighted by molar-refractivity contribution is 9.10. The molecule has 0 N–H and O–H groups in total. The Labute approximate surface area is 125 Å². The van der Waals surface area contributed by atoms with Crippen LogP contribution >= 0.6 is 15.9 Å². The fraction of sp³-hybridized carbons (Fsp3) is 0.333. The summed E-state index contributed by atoms with van der Waals surface area (Å²) in [7, 11) is 0. The van der Waals surface area contributed by atoms with Crippen molar-refractivity contribution in [1.29, 1.82) is 0 Å². The molecule has 2 heterocycles. The smallest absolute Gasteiger partial charge is 0.257 e. The molecule has 0 unspecified atom stereocenters. The third-order valence-corrected chi connectivity index (χ3v) is 3.99. The summed E-state index contributed by atoms with van der Waals surface area (Å²) < 4.78 is 6.18. The third-order valence-electron chi connectivity index (χ3n) is 3.36. The van der Waals surface area contributed by atoms with Crippen molar-refractivity contribution in [2.24, 2.45) is 0 Å². The van der Waals surface area contributed by atoms with Crippen LogP contribution in [-0.2, 0) is 6.54 Å². The lowest BCUT2D eigenvalue weighted by atomic mass is 10.2. The molecule has 0 aliphatic heterocycles. The lowest BCUT2D eigenvalue weighted by Gasteiger charge is -2.21. The van der Waals surface area contributed by atoms with Gasteiger partial charge < -0.3 is 9.32 Å². The number of carbonyl (C=O) groups excluding carboxylic acids is 1. The van der Waals surface area contributed by atoms with Crippen LogP contribution < -0.4 is 0 Å². The van der Waals surface area contributed by atoms with Gasteiger partial charge >= 0.3 is 0 Å². The number of nitrogens with zero attached hydrogens (tertiary/aromatic N) is 2. The zero-order chi connectivity index (χ0) is 14.1. The van der Waals surface area contributed by atoms with Crippen molar-refractivity contribution >= 4 is 21.8 Å². The zero-order valence-electron chi connectivity index (χ0n) is 11.2. The van der Waals surface area contributed by atoms with E-state index in [2.05, 4.69) is 20.9 Å². The molecular weight excluding hydrogens is 320 g/mol. The van der Waals surface area contributed by atoms with E-state index in [4.69, 9.17) is 4.42 Å². The Morgan fingerprint density at radius 3 is 2.85 bits per heavy atom. The van der Waals surface area contributed by atoms with Crippen molar-refractivity contribution in [1.82, 2.24) is 9.88 Å².